The summed E-state index contributed by atoms with van der Waals surface area (Å²) >= 11 is 0. The Morgan fingerprint density at radius 3 is 2.32 bits per heavy atom. The van der Waals surface area contributed by atoms with E-state index in [1.54, 1.807) is 24.3 Å². The zero-order valence-corrected chi connectivity index (χ0v) is 10.8. The van der Waals surface area contributed by atoms with Crippen LogP contribution in [0.1, 0.15) is 25.3 Å². The van der Waals surface area contributed by atoms with Gasteiger partial charge >= 0.3 is 0 Å². The van der Waals surface area contributed by atoms with Gasteiger partial charge in [0.05, 0.1) is 6.61 Å². The zero-order chi connectivity index (χ0) is 14.3. The van der Waals surface area contributed by atoms with Gasteiger partial charge in [0.25, 0.3) is 0 Å². The Bertz CT molecular complexity index is 424. The standard InChI is InChI=1S/C14H18O5/c1-2-7-19-12-5-3-10(4-6-12)8-11(14(17)18)9-13(15)16/h3-6,11H,2,7-9H2,1H3,(H,15,16)(H,17,18)/p-2/t11-/m1/s1. The van der Waals surface area contributed by atoms with Crippen LogP contribution < -0.4 is 14.9 Å². The molecule has 0 N–H and O–H groups in total. The fraction of sp³-hybridized carbons (Fsp3) is 0.429. The molecule has 0 fully saturated rings. The molecule has 0 amide bonds. The van der Waals surface area contributed by atoms with E-state index in [1.165, 1.54) is 0 Å². The average Bonchev–Trinajstić information content (AvgIpc) is 2.36. The van der Waals surface area contributed by atoms with E-state index < -0.39 is 24.3 Å². The molecule has 1 aromatic carbocycles. The van der Waals surface area contributed by atoms with Crippen LogP contribution in [0.15, 0.2) is 24.3 Å². The van der Waals surface area contributed by atoms with Crippen molar-refractivity contribution in [2.24, 2.45) is 5.92 Å². The van der Waals surface area contributed by atoms with Crippen molar-refractivity contribution in [3.05, 3.63) is 29.8 Å². The van der Waals surface area contributed by atoms with Gasteiger partial charge in [-0.1, -0.05) is 19.1 Å². The van der Waals surface area contributed by atoms with E-state index in [0.29, 0.717) is 12.4 Å². The third-order valence-corrected chi connectivity index (χ3v) is 2.62. The molecule has 1 rings (SSSR count). The molecule has 0 saturated carbocycles. The molecule has 104 valence electrons. The van der Waals surface area contributed by atoms with Crippen LogP contribution in [0.5, 0.6) is 5.75 Å². The summed E-state index contributed by atoms with van der Waals surface area (Å²) in [5, 5.41) is 21.3. The number of aliphatic carboxylic acids is 2. The molecule has 0 aromatic heterocycles. The fourth-order valence-electron chi connectivity index (χ4n) is 1.67. The normalized spacial score (nSPS) is 11.8. The van der Waals surface area contributed by atoms with Gasteiger partial charge in [-0.25, -0.2) is 0 Å². The number of benzene rings is 1. The Labute approximate surface area is 111 Å². The number of carbonyl (C=O) groups excluding carboxylic acids is 2. The van der Waals surface area contributed by atoms with Crippen LogP contribution in [0, 0.1) is 5.92 Å². The highest BCUT2D eigenvalue weighted by atomic mass is 16.5. The van der Waals surface area contributed by atoms with Gasteiger partial charge in [0.15, 0.2) is 0 Å². The molecule has 0 bridgehead atoms. The first-order valence-electron chi connectivity index (χ1n) is 6.15. The summed E-state index contributed by atoms with van der Waals surface area (Å²) in [4.78, 5) is 21.3. The summed E-state index contributed by atoms with van der Waals surface area (Å²) in [5.41, 5.74) is 0.722. The van der Waals surface area contributed by atoms with Gasteiger partial charge in [-0.15, -0.1) is 0 Å². The lowest BCUT2D eigenvalue weighted by Gasteiger charge is -2.18. The molecule has 0 saturated heterocycles. The van der Waals surface area contributed by atoms with Gasteiger partial charge in [0, 0.05) is 17.9 Å². The molecule has 0 spiro atoms. The predicted octanol–water partition coefficient (Wildman–Crippen LogP) is -0.476. The Balaban J connectivity index is 2.64. The van der Waals surface area contributed by atoms with Gasteiger partial charge < -0.3 is 24.5 Å². The van der Waals surface area contributed by atoms with Gasteiger partial charge in [-0.2, -0.15) is 0 Å². The van der Waals surface area contributed by atoms with Crippen molar-refractivity contribution in [2.75, 3.05) is 6.61 Å². The number of hydrogen-bond donors (Lipinski definition) is 0. The fourth-order valence-corrected chi connectivity index (χ4v) is 1.67. The third kappa shape index (κ3) is 5.42. The van der Waals surface area contributed by atoms with Crippen molar-refractivity contribution in [2.45, 2.75) is 26.2 Å². The highest BCUT2D eigenvalue weighted by molar-refractivity contribution is 5.75. The molecule has 5 nitrogen and oxygen atoms in total. The lowest BCUT2D eigenvalue weighted by atomic mass is 9.96. The maximum atomic E-state index is 10.8. The van der Waals surface area contributed by atoms with E-state index in [9.17, 15) is 19.8 Å². The first kappa shape index (κ1) is 15.0. The molecule has 0 heterocycles. The molecular formula is C14H16O5-2. The van der Waals surface area contributed by atoms with Crippen molar-refractivity contribution in [3.63, 3.8) is 0 Å². The second kappa shape index (κ2) is 7.41. The Kier molecular flexibility index (Phi) is 5.85. The van der Waals surface area contributed by atoms with Crippen molar-refractivity contribution in [1.82, 2.24) is 0 Å². The maximum Gasteiger partial charge on any atom is 0.119 e. The third-order valence-electron chi connectivity index (χ3n) is 2.62. The molecular weight excluding hydrogens is 248 g/mol. The highest BCUT2D eigenvalue weighted by Crippen LogP contribution is 2.16. The van der Waals surface area contributed by atoms with Crippen molar-refractivity contribution in [3.8, 4) is 5.75 Å². The number of carbonyl (C=O) groups is 2. The average molecular weight is 264 g/mol. The van der Waals surface area contributed by atoms with Gasteiger partial charge in [-0.05, 0) is 37.0 Å². The van der Waals surface area contributed by atoms with E-state index in [4.69, 9.17) is 4.74 Å². The van der Waals surface area contributed by atoms with Crippen molar-refractivity contribution in [1.29, 1.82) is 0 Å². The number of carboxylic acids is 2. The lowest BCUT2D eigenvalue weighted by molar-refractivity contribution is -0.320. The first-order valence-corrected chi connectivity index (χ1v) is 6.15. The molecule has 0 aliphatic rings. The predicted molar refractivity (Wildman–Crippen MR) is 64.1 cm³/mol. The van der Waals surface area contributed by atoms with Crippen molar-refractivity contribution >= 4 is 11.9 Å². The molecule has 0 aliphatic heterocycles. The van der Waals surface area contributed by atoms with Crippen LogP contribution >= 0.6 is 0 Å². The zero-order valence-electron chi connectivity index (χ0n) is 10.8. The summed E-state index contributed by atoms with van der Waals surface area (Å²) in [5.74, 6) is -3.14. The monoisotopic (exact) mass is 264 g/mol. The van der Waals surface area contributed by atoms with E-state index in [-0.39, 0.29) is 6.42 Å². The summed E-state index contributed by atoms with van der Waals surface area (Å²) in [6, 6.07) is 6.90. The quantitative estimate of drug-likeness (QED) is 0.633. The van der Waals surface area contributed by atoms with Gasteiger partial charge in [0.1, 0.15) is 5.75 Å². The second-order valence-corrected chi connectivity index (χ2v) is 4.29. The van der Waals surface area contributed by atoms with Crippen LogP contribution in [-0.4, -0.2) is 18.5 Å². The second-order valence-electron chi connectivity index (χ2n) is 4.29. The van der Waals surface area contributed by atoms with Crippen LogP contribution in [0.2, 0.25) is 0 Å². The Hall–Kier alpha value is -2.04. The summed E-state index contributed by atoms with van der Waals surface area (Å²) < 4.78 is 5.39. The molecule has 0 unspecified atom stereocenters. The lowest BCUT2D eigenvalue weighted by Crippen LogP contribution is -2.37. The van der Waals surface area contributed by atoms with Gasteiger partial charge in [-0.3, -0.25) is 0 Å². The molecule has 0 aliphatic carbocycles. The smallest absolute Gasteiger partial charge is 0.119 e. The van der Waals surface area contributed by atoms with E-state index in [0.717, 1.165) is 12.0 Å². The molecule has 1 atom stereocenters. The van der Waals surface area contributed by atoms with Crippen LogP contribution in [0.3, 0.4) is 0 Å². The number of rotatable bonds is 8. The molecule has 1 aromatic rings. The minimum atomic E-state index is -1.39. The Morgan fingerprint density at radius 1 is 1.21 bits per heavy atom. The van der Waals surface area contributed by atoms with E-state index in [2.05, 4.69) is 0 Å². The first-order chi connectivity index (χ1) is 9.02. The summed E-state index contributed by atoms with van der Waals surface area (Å²) in [6.45, 7) is 2.62. The van der Waals surface area contributed by atoms with E-state index >= 15 is 0 Å². The minimum Gasteiger partial charge on any atom is -0.550 e. The highest BCUT2D eigenvalue weighted by Gasteiger charge is 2.11. The molecule has 19 heavy (non-hydrogen) atoms. The maximum absolute atomic E-state index is 10.8. The van der Waals surface area contributed by atoms with Crippen LogP contribution in [0.4, 0.5) is 0 Å². The number of ether oxygens (including phenoxy) is 1. The number of hydrogen-bond acceptors (Lipinski definition) is 5. The van der Waals surface area contributed by atoms with Crippen LogP contribution in [0.25, 0.3) is 0 Å². The topological polar surface area (TPSA) is 89.5 Å². The van der Waals surface area contributed by atoms with E-state index in [1.807, 2.05) is 6.92 Å². The minimum absolute atomic E-state index is 0.102. The van der Waals surface area contributed by atoms with Gasteiger partial charge in [0.2, 0.25) is 0 Å². The van der Waals surface area contributed by atoms with Crippen molar-refractivity contribution < 1.29 is 24.5 Å². The summed E-state index contributed by atoms with van der Waals surface area (Å²) in [7, 11) is 0. The largest absolute Gasteiger partial charge is 0.550 e. The number of carboxylic acid groups (broad SMARTS) is 2. The molecule has 0 radical (unpaired) electrons. The SMILES string of the molecule is CCCOc1ccc(C[C@H](CC(=O)[O-])C(=O)[O-])cc1. The Morgan fingerprint density at radius 2 is 1.84 bits per heavy atom. The van der Waals surface area contributed by atoms with Crippen LogP contribution in [-0.2, 0) is 16.0 Å². The molecule has 5 heteroatoms. The summed E-state index contributed by atoms with van der Waals surface area (Å²) in [6.07, 6.45) is 0.459.